The van der Waals surface area contributed by atoms with E-state index >= 15 is 0 Å². The Kier molecular flexibility index (Phi) is 5.09. The molecule has 0 atom stereocenters. The van der Waals surface area contributed by atoms with Crippen molar-refractivity contribution in [2.24, 2.45) is 0 Å². The Balaban J connectivity index is 1.86. The van der Waals surface area contributed by atoms with Crippen molar-refractivity contribution in [3.8, 4) is 0 Å². The molecular formula is C12H15ClIN3O2. The lowest BCUT2D eigenvalue weighted by Crippen LogP contribution is -2.39. The van der Waals surface area contributed by atoms with E-state index in [-0.39, 0.29) is 6.04 Å². The van der Waals surface area contributed by atoms with Crippen LogP contribution < -0.4 is 10.6 Å². The summed E-state index contributed by atoms with van der Waals surface area (Å²) in [5.74, 6) is 0.784. The summed E-state index contributed by atoms with van der Waals surface area (Å²) in [4.78, 5) is 14.8. The molecule has 1 saturated carbocycles. The van der Waals surface area contributed by atoms with Crippen LogP contribution in [-0.2, 0) is 0 Å². The SMILES string of the molecule is O=C(O)N[C@H]1CC[C@H](Nc2cc(I)cc(Cl)n2)CC1. The average molecular weight is 396 g/mol. The van der Waals surface area contributed by atoms with E-state index in [1.165, 1.54) is 0 Å². The lowest BCUT2D eigenvalue weighted by atomic mass is 9.91. The predicted octanol–water partition coefficient (Wildman–Crippen LogP) is 3.33. The summed E-state index contributed by atoms with van der Waals surface area (Å²) in [5, 5.41) is 15.1. The minimum atomic E-state index is -0.942. The molecule has 1 fully saturated rings. The van der Waals surface area contributed by atoms with E-state index < -0.39 is 6.09 Å². The van der Waals surface area contributed by atoms with E-state index in [0.717, 1.165) is 35.1 Å². The number of aromatic nitrogens is 1. The zero-order chi connectivity index (χ0) is 13.8. The predicted molar refractivity (Wildman–Crippen MR) is 82.8 cm³/mol. The molecule has 1 aliphatic carbocycles. The smallest absolute Gasteiger partial charge is 0.404 e. The summed E-state index contributed by atoms with van der Waals surface area (Å²) in [6, 6.07) is 4.16. The quantitative estimate of drug-likeness (QED) is 0.542. The maximum Gasteiger partial charge on any atom is 0.404 e. The van der Waals surface area contributed by atoms with Crippen molar-refractivity contribution in [2.75, 3.05) is 5.32 Å². The first kappa shape index (κ1) is 14.6. The molecule has 5 nitrogen and oxygen atoms in total. The van der Waals surface area contributed by atoms with Crippen LogP contribution in [0.4, 0.5) is 10.6 Å². The molecule has 1 aromatic rings. The summed E-state index contributed by atoms with van der Waals surface area (Å²) in [7, 11) is 0. The van der Waals surface area contributed by atoms with Crippen LogP contribution in [0.15, 0.2) is 12.1 Å². The first-order chi connectivity index (χ1) is 9.02. The molecule has 1 amide bonds. The van der Waals surface area contributed by atoms with E-state index in [0.29, 0.717) is 11.2 Å². The van der Waals surface area contributed by atoms with Gasteiger partial charge in [-0.1, -0.05) is 11.6 Å². The van der Waals surface area contributed by atoms with Gasteiger partial charge in [-0.3, -0.25) is 0 Å². The van der Waals surface area contributed by atoms with Gasteiger partial charge in [0, 0.05) is 15.7 Å². The molecular weight excluding hydrogens is 381 g/mol. The van der Waals surface area contributed by atoms with Crippen molar-refractivity contribution in [1.82, 2.24) is 10.3 Å². The molecule has 19 heavy (non-hydrogen) atoms. The fourth-order valence-corrected chi connectivity index (χ4v) is 3.29. The number of hydrogen-bond acceptors (Lipinski definition) is 3. The van der Waals surface area contributed by atoms with Gasteiger partial charge in [-0.15, -0.1) is 0 Å². The second-order valence-corrected chi connectivity index (χ2v) is 6.27. The normalized spacial score (nSPS) is 22.8. The van der Waals surface area contributed by atoms with Gasteiger partial charge in [0.05, 0.1) is 0 Å². The first-order valence-electron chi connectivity index (χ1n) is 6.12. The van der Waals surface area contributed by atoms with Gasteiger partial charge in [0.2, 0.25) is 0 Å². The number of rotatable bonds is 3. The number of amides is 1. The zero-order valence-corrected chi connectivity index (χ0v) is 13.1. The Bertz CT molecular complexity index is 444. The third-order valence-corrected chi connectivity index (χ3v) is 3.98. The highest BCUT2D eigenvalue weighted by Crippen LogP contribution is 2.23. The van der Waals surface area contributed by atoms with Crippen molar-refractivity contribution in [3.05, 3.63) is 20.9 Å². The van der Waals surface area contributed by atoms with Gasteiger partial charge in [0.25, 0.3) is 0 Å². The largest absolute Gasteiger partial charge is 0.465 e. The average Bonchev–Trinajstić information content (AvgIpc) is 2.29. The number of halogens is 2. The third kappa shape index (κ3) is 4.68. The summed E-state index contributed by atoms with van der Waals surface area (Å²) in [6.45, 7) is 0. The van der Waals surface area contributed by atoms with Crippen LogP contribution in [0.3, 0.4) is 0 Å². The molecule has 0 unspecified atom stereocenters. The Morgan fingerprint density at radius 1 is 1.32 bits per heavy atom. The standard InChI is InChI=1S/C12H15ClIN3O2/c13-10-5-7(14)6-11(17-10)15-8-1-3-9(4-2-8)16-12(18)19/h5-6,8-9,16H,1-4H2,(H,15,17)(H,18,19)/t8-,9-. The molecule has 0 saturated heterocycles. The molecule has 0 aliphatic heterocycles. The molecule has 0 aromatic carbocycles. The Morgan fingerprint density at radius 3 is 2.53 bits per heavy atom. The van der Waals surface area contributed by atoms with E-state index in [2.05, 4.69) is 38.2 Å². The Hall–Kier alpha value is -0.760. The monoisotopic (exact) mass is 395 g/mol. The molecule has 7 heteroatoms. The minimum Gasteiger partial charge on any atom is -0.465 e. The molecule has 104 valence electrons. The zero-order valence-electron chi connectivity index (χ0n) is 10.2. The number of carbonyl (C=O) groups is 1. The van der Waals surface area contributed by atoms with Crippen LogP contribution in [-0.4, -0.2) is 28.3 Å². The minimum absolute atomic E-state index is 0.0722. The van der Waals surface area contributed by atoms with Crippen molar-refractivity contribution >= 4 is 46.1 Å². The molecule has 1 aliphatic rings. The Morgan fingerprint density at radius 2 is 1.95 bits per heavy atom. The lowest BCUT2D eigenvalue weighted by molar-refractivity contribution is 0.185. The van der Waals surface area contributed by atoms with Crippen molar-refractivity contribution in [2.45, 2.75) is 37.8 Å². The number of carboxylic acid groups (broad SMARTS) is 1. The second kappa shape index (κ2) is 6.60. The highest BCUT2D eigenvalue weighted by Gasteiger charge is 2.22. The van der Waals surface area contributed by atoms with Gasteiger partial charge < -0.3 is 15.7 Å². The fraction of sp³-hybridized carbons (Fsp3) is 0.500. The number of nitrogens with zero attached hydrogens (tertiary/aromatic N) is 1. The van der Waals surface area contributed by atoms with Crippen LogP contribution in [0.1, 0.15) is 25.7 Å². The first-order valence-corrected chi connectivity index (χ1v) is 7.57. The Labute approximate surface area is 130 Å². The van der Waals surface area contributed by atoms with Crippen LogP contribution in [0.25, 0.3) is 0 Å². The highest BCUT2D eigenvalue weighted by molar-refractivity contribution is 14.1. The highest BCUT2D eigenvalue weighted by atomic mass is 127. The fourth-order valence-electron chi connectivity index (χ4n) is 2.31. The number of nitrogens with one attached hydrogen (secondary N) is 2. The van der Waals surface area contributed by atoms with Gasteiger partial charge in [0.1, 0.15) is 11.0 Å². The lowest BCUT2D eigenvalue weighted by Gasteiger charge is -2.29. The summed E-state index contributed by atoms with van der Waals surface area (Å²) in [5.41, 5.74) is 0. The van der Waals surface area contributed by atoms with Crippen LogP contribution in [0, 0.1) is 3.57 Å². The van der Waals surface area contributed by atoms with Gasteiger partial charge in [-0.25, -0.2) is 9.78 Å². The molecule has 2 rings (SSSR count). The summed E-state index contributed by atoms with van der Waals surface area (Å²) < 4.78 is 1.04. The van der Waals surface area contributed by atoms with E-state index in [4.69, 9.17) is 16.7 Å². The number of hydrogen-bond donors (Lipinski definition) is 3. The van der Waals surface area contributed by atoms with Gasteiger partial charge in [-0.05, 0) is 60.4 Å². The summed E-state index contributed by atoms with van der Waals surface area (Å²) in [6.07, 6.45) is 2.61. The van der Waals surface area contributed by atoms with Gasteiger partial charge in [0.15, 0.2) is 0 Å². The van der Waals surface area contributed by atoms with E-state index in [1.54, 1.807) is 6.07 Å². The molecule has 3 N–H and O–H groups in total. The molecule has 0 spiro atoms. The van der Waals surface area contributed by atoms with Crippen molar-refractivity contribution in [3.63, 3.8) is 0 Å². The van der Waals surface area contributed by atoms with Crippen LogP contribution in [0.2, 0.25) is 5.15 Å². The van der Waals surface area contributed by atoms with Crippen LogP contribution >= 0.6 is 34.2 Å². The topological polar surface area (TPSA) is 74.2 Å². The number of pyridine rings is 1. The van der Waals surface area contributed by atoms with Gasteiger partial charge >= 0.3 is 6.09 Å². The van der Waals surface area contributed by atoms with E-state index in [1.807, 2.05) is 6.07 Å². The third-order valence-electron chi connectivity index (χ3n) is 3.17. The molecule has 1 heterocycles. The van der Waals surface area contributed by atoms with Crippen molar-refractivity contribution in [1.29, 1.82) is 0 Å². The van der Waals surface area contributed by atoms with E-state index in [9.17, 15) is 4.79 Å². The molecule has 0 bridgehead atoms. The maximum atomic E-state index is 10.6. The summed E-state index contributed by atoms with van der Waals surface area (Å²) >= 11 is 8.12. The molecule has 1 aromatic heterocycles. The van der Waals surface area contributed by atoms with Crippen molar-refractivity contribution < 1.29 is 9.90 Å². The number of anilines is 1. The maximum absolute atomic E-state index is 10.6. The molecule has 0 radical (unpaired) electrons. The second-order valence-electron chi connectivity index (χ2n) is 4.64. The van der Waals surface area contributed by atoms with Gasteiger partial charge in [-0.2, -0.15) is 0 Å². The van der Waals surface area contributed by atoms with Crippen LogP contribution in [0.5, 0.6) is 0 Å².